The first kappa shape index (κ1) is 9.55. The molecule has 2 nitrogen and oxygen atoms in total. The van der Waals surface area contributed by atoms with Crippen molar-refractivity contribution in [2.45, 2.75) is 16.2 Å². The number of aromatic nitrogens is 1. The third-order valence-corrected chi connectivity index (χ3v) is 3.59. The Bertz CT molecular complexity index is 437. The third kappa shape index (κ3) is 2.27. The molecule has 14 heavy (non-hydrogen) atoms. The second kappa shape index (κ2) is 4.02. The minimum Gasteiger partial charge on any atom is -0.389 e. The molecule has 1 aromatic heterocycles. The van der Waals surface area contributed by atoms with E-state index in [1.807, 2.05) is 0 Å². The number of benzene rings is 1. The molecule has 0 atom stereocenters. The van der Waals surface area contributed by atoms with E-state index in [4.69, 9.17) is 5.73 Å². The van der Waals surface area contributed by atoms with Crippen LogP contribution < -0.4 is 5.73 Å². The summed E-state index contributed by atoms with van der Waals surface area (Å²) in [7, 11) is 0. The minimum atomic E-state index is 0.764. The summed E-state index contributed by atoms with van der Waals surface area (Å²) in [5.41, 5.74) is 6.87. The minimum absolute atomic E-state index is 0.764. The van der Waals surface area contributed by atoms with Crippen molar-refractivity contribution in [3.63, 3.8) is 0 Å². The van der Waals surface area contributed by atoms with Crippen LogP contribution in [0.2, 0.25) is 0 Å². The number of nitrogen functional groups attached to an aromatic ring is 1. The Morgan fingerprint density at radius 3 is 2.93 bits per heavy atom. The molecule has 1 aromatic carbocycles. The summed E-state index contributed by atoms with van der Waals surface area (Å²) in [6.07, 6.45) is 1.70. The summed E-state index contributed by atoms with van der Waals surface area (Å²) in [5, 5.41) is 0.764. The van der Waals surface area contributed by atoms with E-state index in [1.54, 1.807) is 18.0 Å². The van der Waals surface area contributed by atoms with E-state index >= 15 is 0 Å². The van der Waals surface area contributed by atoms with Crippen LogP contribution in [0.4, 0.5) is 5.00 Å². The molecule has 2 N–H and O–H groups in total. The lowest BCUT2D eigenvalue weighted by atomic mass is 10.2. The zero-order valence-electron chi connectivity index (χ0n) is 7.73. The first-order chi connectivity index (χ1) is 6.74. The molecule has 0 unspecified atom stereocenters. The molecule has 0 aliphatic heterocycles. The van der Waals surface area contributed by atoms with Crippen molar-refractivity contribution < 1.29 is 0 Å². The van der Waals surface area contributed by atoms with Gasteiger partial charge >= 0.3 is 0 Å². The predicted octanol–water partition coefficient (Wildman–Crippen LogP) is 3.18. The lowest BCUT2D eigenvalue weighted by Gasteiger charge is -1.98. The quantitative estimate of drug-likeness (QED) is 0.848. The molecule has 0 aliphatic rings. The molecule has 0 amide bonds. The van der Waals surface area contributed by atoms with E-state index < -0.39 is 0 Å². The van der Waals surface area contributed by atoms with Crippen LogP contribution in [0.15, 0.2) is 39.7 Å². The molecule has 0 saturated heterocycles. The number of rotatable bonds is 2. The maximum atomic E-state index is 5.60. The highest BCUT2D eigenvalue weighted by molar-refractivity contribution is 8.01. The van der Waals surface area contributed by atoms with Gasteiger partial charge in [-0.25, -0.2) is 4.98 Å². The largest absolute Gasteiger partial charge is 0.389 e. The number of nitrogens with zero attached hydrogens (tertiary/aromatic N) is 1. The van der Waals surface area contributed by atoms with E-state index in [2.05, 4.69) is 36.2 Å². The fourth-order valence-corrected chi connectivity index (χ4v) is 2.95. The molecule has 72 valence electrons. The average molecular weight is 222 g/mol. The molecule has 2 rings (SSSR count). The van der Waals surface area contributed by atoms with E-state index in [1.165, 1.54) is 21.8 Å². The molecule has 0 bridgehead atoms. The third-order valence-electron chi connectivity index (χ3n) is 1.70. The molecule has 4 heteroatoms. The Kier molecular flexibility index (Phi) is 2.74. The van der Waals surface area contributed by atoms with Crippen molar-refractivity contribution in [3.05, 3.63) is 36.0 Å². The van der Waals surface area contributed by atoms with Gasteiger partial charge in [0.05, 0.1) is 6.20 Å². The van der Waals surface area contributed by atoms with Gasteiger partial charge in [0.2, 0.25) is 0 Å². The van der Waals surface area contributed by atoms with Crippen LogP contribution in [-0.2, 0) is 0 Å². The monoisotopic (exact) mass is 222 g/mol. The van der Waals surface area contributed by atoms with Gasteiger partial charge in [0.15, 0.2) is 4.34 Å². The fraction of sp³-hybridized carbons (Fsp3) is 0.100. The van der Waals surface area contributed by atoms with Gasteiger partial charge in [0.1, 0.15) is 5.00 Å². The number of nitrogens with two attached hydrogens (primary N) is 1. The van der Waals surface area contributed by atoms with Gasteiger partial charge in [-0.15, -0.1) is 0 Å². The van der Waals surface area contributed by atoms with Crippen LogP contribution in [0.1, 0.15) is 5.56 Å². The highest BCUT2D eigenvalue weighted by Crippen LogP contribution is 2.32. The van der Waals surface area contributed by atoms with Gasteiger partial charge in [-0.1, -0.05) is 40.8 Å². The maximum absolute atomic E-state index is 5.60. The number of anilines is 1. The molecule has 0 saturated carbocycles. The van der Waals surface area contributed by atoms with Crippen molar-refractivity contribution in [1.82, 2.24) is 4.98 Å². The predicted molar refractivity (Wildman–Crippen MR) is 61.8 cm³/mol. The SMILES string of the molecule is Cc1cccc(Sc2ncc(N)s2)c1. The first-order valence-electron chi connectivity index (χ1n) is 4.20. The second-order valence-corrected chi connectivity index (χ2v) is 5.33. The number of hydrogen-bond donors (Lipinski definition) is 1. The van der Waals surface area contributed by atoms with Gasteiger partial charge in [-0.2, -0.15) is 0 Å². The van der Waals surface area contributed by atoms with Crippen molar-refractivity contribution in [1.29, 1.82) is 0 Å². The lowest BCUT2D eigenvalue weighted by Crippen LogP contribution is -1.74. The van der Waals surface area contributed by atoms with Crippen LogP contribution in [-0.4, -0.2) is 4.98 Å². The van der Waals surface area contributed by atoms with Crippen molar-refractivity contribution >= 4 is 28.1 Å². The van der Waals surface area contributed by atoms with Gasteiger partial charge in [-0.3, -0.25) is 0 Å². The van der Waals surface area contributed by atoms with Crippen molar-refractivity contribution in [3.8, 4) is 0 Å². The number of thiazole rings is 1. The van der Waals surface area contributed by atoms with Crippen LogP contribution >= 0.6 is 23.1 Å². The maximum Gasteiger partial charge on any atom is 0.156 e. The summed E-state index contributed by atoms with van der Waals surface area (Å²) in [6, 6.07) is 8.35. The lowest BCUT2D eigenvalue weighted by molar-refractivity contribution is 1.24. The Labute approximate surface area is 91.2 Å². The summed E-state index contributed by atoms with van der Waals surface area (Å²) in [6.45, 7) is 2.08. The Balaban J connectivity index is 2.18. The summed E-state index contributed by atoms with van der Waals surface area (Å²) in [5.74, 6) is 0. The Morgan fingerprint density at radius 2 is 2.29 bits per heavy atom. The van der Waals surface area contributed by atoms with E-state index in [9.17, 15) is 0 Å². The Hall–Kier alpha value is -1.00. The van der Waals surface area contributed by atoms with Gasteiger partial charge < -0.3 is 5.73 Å². The van der Waals surface area contributed by atoms with Crippen molar-refractivity contribution in [2.75, 3.05) is 5.73 Å². The molecule has 0 radical (unpaired) electrons. The normalized spacial score (nSPS) is 10.4. The summed E-state index contributed by atoms with van der Waals surface area (Å²) < 4.78 is 0.994. The first-order valence-corrected chi connectivity index (χ1v) is 5.83. The van der Waals surface area contributed by atoms with Crippen molar-refractivity contribution in [2.24, 2.45) is 0 Å². The van der Waals surface area contributed by atoms with E-state index in [-0.39, 0.29) is 0 Å². The highest BCUT2D eigenvalue weighted by Gasteiger charge is 2.01. The standard InChI is InChI=1S/C10H10N2S2/c1-7-3-2-4-8(5-7)13-10-12-6-9(11)14-10/h2-6H,11H2,1H3. The van der Waals surface area contributed by atoms with E-state index in [0.717, 1.165) is 9.34 Å². The van der Waals surface area contributed by atoms with E-state index in [0.29, 0.717) is 0 Å². The summed E-state index contributed by atoms with van der Waals surface area (Å²) in [4.78, 5) is 5.40. The smallest absolute Gasteiger partial charge is 0.156 e. The Morgan fingerprint density at radius 1 is 1.43 bits per heavy atom. The fourth-order valence-electron chi connectivity index (χ4n) is 1.10. The molecule has 2 aromatic rings. The number of aryl methyl sites for hydroxylation is 1. The summed E-state index contributed by atoms with van der Waals surface area (Å²) >= 11 is 3.17. The average Bonchev–Trinajstić information content (AvgIpc) is 2.51. The highest BCUT2D eigenvalue weighted by atomic mass is 32.2. The molecule has 1 heterocycles. The second-order valence-electron chi connectivity index (χ2n) is 2.95. The van der Waals surface area contributed by atoms with Crippen LogP contribution in [0, 0.1) is 6.92 Å². The molecule has 0 spiro atoms. The van der Waals surface area contributed by atoms with Crippen LogP contribution in [0.3, 0.4) is 0 Å². The van der Waals surface area contributed by atoms with Crippen LogP contribution in [0.5, 0.6) is 0 Å². The molecule has 0 fully saturated rings. The zero-order chi connectivity index (χ0) is 9.97. The van der Waals surface area contributed by atoms with Gasteiger partial charge in [0.25, 0.3) is 0 Å². The van der Waals surface area contributed by atoms with Crippen LogP contribution in [0.25, 0.3) is 0 Å². The topological polar surface area (TPSA) is 38.9 Å². The molecular weight excluding hydrogens is 212 g/mol. The van der Waals surface area contributed by atoms with Gasteiger partial charge in [0, 0.05) is 4.90 Å². The molecule has 0 aliphatic carbocycles. The zero-order valence-corrected chi connectivity index (χ0v) is 9.36. The number of hydrogen-bond acceptors (Lipinski definition) is 4. The van der Waals surface area contributed by atoms with Gasteiger partial charge in [-0.05, 0) is 19.1 Å². The molecular formula is C10H10N2S2.